The van der Waals surface area contributed by atoms with Crippen LogP contribution in [0.15, 0.2) is 21.6 Å². The van der Waals surface area contributed by atoms with Crippen molar-refractivity contribution < 1.29 is 8.42 Å². The first-order chi connectivity index (χ1) is 9.53. The molecule has 1 fully saturated rings. The molecular formula is C12H19BrN4O2S. The zero-order valence-corrected chi connectivity index (χ0v) is 13.5. The van der Waals surface area contributed by atoms with Gasteiger partial charge in [-0.05, 0) is 34.8 Å². The number of halogens is 1. The van der Waals surface area contributed by atoms with E-state index in [0.717, 1.165) is 25.7 Å². The van der Waals surface area contributed by atoms with E-state index in [-0.39, 0.29) is 16.8 Å². The number of nitrogen functional groups attached to an aromatic ring is 1. The van der Waals surface area contributed by atoms with Crippen LogP contribution in [0.4, 0.5) is 5.82 Å². The van der Waals surface area contributed by atoms with Gasteiger partial charge in [0, 0.05) is 16.7 Å². The van der Waals surface area contributed by atoms with E-state index in [1.807, 2.05) is 0 Å². The van der Waals surface area contributed by atoms with Crippen molar-refractivity contribution in [2.45, 2.75) is 49.5 Å². The average molecular weight is 363 g/mol. The van der Waals surface area contributed by atoms with Crippen molar-refractivity contribution >= 4 is 31.8 Å². The SMILES string of the molecule is NNc1ncc(Br)cc1S(=O)(=O)NC1CCCCCC1. The van der Waals surface area contributed by atoms with Crippen LogP contribution in [-0.4, -0.2) is 19.4 Å². The van der Waals surface area contributed by atoms with Gasteiger partial charge in [0.2, 0.25) is 10.0 Å². The van der Waals surface area contributed by atoms with Gasteiger partial charge < -0.3 is 5.43 Å². The first-order valence-corrected chi connectivity index (χ1v) is 8.95. The molecule has 0 aliphatic heterocycles. The van der Waals surface area contributed by atoms with Crippen molar-refractivity contribution in [1.29, 1.82) is 0 Å². The Bertz CT molecular complexity index is 557. The molecule has 0 atom stereocenters. The third kappa shape index (κ3) is 3.91. The topological polar surface area (TPSA) is 97.1 Å². The monoisotopic (exact) mass is 362 g/mol. The number of hydrogen-bond donors (Lipinski definition) is 3. The van der Waals surface area contributed by atoms with E-state index in [2.05, 4.69) is 31.1 Å². The molecule has 1 aliphatic carbocycles. The van der Waals surface area contributed by atoms with E-state index in [0.29, 0.717) is 4.47 Å². The molecule has 2 rings (SSSR count). The Morgan fingerprint density at radius 3 is 2.50 bits per heavy atom. The molecule has 1 aromatic rings. The summed E-state index contributed by atoms with van der Waals surface area (Å²) in [5, 5.41) is 0. The highest BCUT2D eigenvalue weighted by atomic mass is 79.9. The predicted octanol–water partition coefficient (Wildman–Crippen LogP) is 2.13. The van der Waals surface area contributed by atoms with Gasteiger partial charge in [0.05, 0.1) is 0 Å². The van der Waals surface area contributed by atoms with Crippen LogP contribution in [0.2, 0.25) is 0 Å². The lowest BCUT2D eigenvalue weighted by Crippen LogP contribution is -2.35. The van der Waals surface area contributed by atoms with Gasteiger partial charge in [0.15, 0.2) is 5.82 Å². The van der Waals surface area contributed by atoms with E-state index >= 15 is 0 Å². The second-order valence-corrected chi connectivity index (χ2v) is 7.55. The third-order valence-corrected chi connectivity index (χ3v) is 5.39. The van der Waals surface area contributed by atoms with Crippen LogP contribution >= 0.6 is 15.9 Å². The molecule has 8 heteroatoms. The molecule has 0 amide bonds. The maximum Gasteiger partial charge on any atom is 0.244 e. The van der Waals surface area contributed by atoms with Crippen LogP contribution in [-0.2, 0) is 10.0 Å². The molecule has 1 aromatic heterocycles. The maximum absolute atomic E-state index is 12.5. The highest BCUT2D eigenvalue weighted by Crippen LogP contribution is 2.24. The Morgan fingerprint density at radius 2 is 1.90 bits per heavy atom. The average Bonchev–Trinajstić information content (AvgIpc) is 2.67. The normalized spacial score (nSPS) is 17.7. The molecule has 6 nitrogen and oxygen atoms in total. The number of nitrogens with one attached hydrogen (secondary N) is 2. The zero-order chi connectivity index (χ0) is 14.6. The number of nitrogens with zero attached hydrogens (tertiary/aromatic N) is 1. The third-order valence-electron chi connectivity index (χ3n) is 3.42. The van der Waals surface area contributed by atoms with Gasteiger partial charge in [-0.3, -0.25) is 0 Å². The van der Waals surface area contributed by atoms with E-state index in [9.17, 15) is 8.42 Å². The van der Waals surface area contributed by atoms with Crippen molar-refractivity contribution in [3.63, 3.8) is 0 Å². The number of aromatic nitrogens is 1. The minimum absolute atomic E-state index is 0.00731. The molecule has 1 saturated carbocycles. The van der Waals surface area contributed by atoms with Crippen LogP contribution in [0.25, 0.3) is 0 Å². The van der Waals surface area contributed by atoms with Crippen LogP contribution in [0, 0.1) is 0 Å². The van der Waals surface area contributed by atoms with Gasteiger partial charge in [-0.1, -0.05) is 25.7 Å². The first-order valence-electron chi connectivity index (χ1n) is 6.67. The number of hydrazine groups is 1. The molecule has 0 radical (unpaired) electrons. The van der Waals surface area contributed by atoms with Crippen LogP contribution in [0.1, 0.15) is 38.5 Å². The summed E-state index contributed by atoms with van der Waals surface area (Å²) < 4.78 is 28.3. The molecular weight excluding hydrogens is 344 g/mol. The summed E-state index contributed by atoms with van der Waals surface area (Å²) in [6.45, 7) is 0. The number of pyridine rings is 1. The summed E-state index contributed by atoms with van der Waals surface area (Å²) in [5.74, 6) is 5.48. The van der Waals surface area contributed by atoms with E-state index < -0.39 is 10.0 Å². The zero-order valence-electron chi connectivity index (χ0n) is 11.1. The molecule has 20 heavy (non-hydrogen) atoms. The molecule has 1 heterocycles. The second-order valence-electron chi connectivity index (χ2n) is 4.95. The van der Waals surface area contributed by atoms with Gasteiger partial charge in [-0.2, -0.15) is 0 Å². The van der Waals surface area contributed by atoms with Crippen LogP contribution in [0.3, 0.4) is 0 Å². The van der Waals surface area contributed by atoms with Crippen molar-refractivity contribution in [2.24, 2.45) is 5.84 Å². The summed E-state index contributed by atoms with van der Waals surface area (Å²) in [6, 6.07) is 1.49. The molecule has 0 bridgehead atoms. The Morgan fingerprint density at radius 1 is 1.25 bits per heavy atom. The van der Waals surface area contributed by atoms with Gasteiger partial charge in [-0.25, -0.2) is 24.0 Å². The van der Waals surface area contributed by atoms with Gasteiger partial charge in [-0.15, -0.1) is 0 Å². The lowest BCUT2D eigenvalue weighted by molar-refractivity contribution is 0.510. The van der Waals surface area contributed by atoms with E-state index in [4.69, 9.17) is 5.84 Å². The number of anilines is 1. The molecule has 0 aromatic carbocycles. The fourth-order valence-corrected chi connectivity index (χ4v) is 4.35. The summed E-state index contributed by atoms with van der Waals surface area (Å²) in [5.41, 5.74) is 2.33. The first kappa shape index (κ1) is 15.7. The van der Waals surface area contributed by atoms with E-state index in [1.165, 1.54) is 25.1 Å². The quantitative estimate of drug-likeness (QED) is 0.433. The molecule has 4 N–H and O–H groups in total. The lowest BCUT2D eigenvalue weighted by atomic mass is 10.1. The van der Waals surface area contributed by atoms with Crippen LogP contribution in [0.5, 0.6) is 0 Å². The lowest BCUT2D eigenvalue weighted by Gasteiger charge is -2.17. The second kappa shape index (κ2) is 6.84. The smallest absolute Gasteiger partial charge is 0.244 e. The Hall–Kier alpha value is -0.700. The number of rotatable bonds is 4. The van der Waals surface area contributed by atoms with Crippen molar-refractivity contribution in [3.8, 4) is 0 Å². The maximum atomic E-state index is 12.5. The Labute approximate surface area is 127 Å². The largest absolute Gasteiger partial charge is 0.307 e. The minimum Gasteiger partial charge on any atom is -0.307 e. The summed E-state index contributed by atoms with van der Waals surface area (Å²) in [4.78, 5) is 4.04. The molecule has 1 aliphatic rings. The Kier molecular flexibility index (Phi) is 5.36. The highest BCUT2D eigenvalue weighted by Gasteiger charge is 2.24. The highest BCUT2D eigenvalue weighted by molar-refractivity contribution is 9.10. The van der Waals surface area contributed by atoms with Crippen molar-refractivity contribution in [1.82, 2.24) is 9.71 Å². The molecule has 0 spiro atoms. The fraction of sp³-hybridized carbons (Fsp3) is 0.583. The number of sulfonamides is 1. The summed E-state index contributed by atoms with van der Waals surface area (Å²) in [7, 11) is -3.63. The van der Waals surface area contributed by atoms with Crippen molar-refractivity contribution in [2.75, 3.05) is 5.43 Å². The minimum atomic E-state index is -3.63. The van der Waals surface area contributed by atoms with Gasteiger partial charge in [0.25, 0.3) is 0 Å². The molecule has 112 valence electrons. The van der Waals surface area contributed by atoms with Gasteiger partial charge in [0.1, 0.15) is 4.90 Å². The number of hydrogen-bond acceptors (Lipinski definition) is 5. The van der Waals surface area contributed by atoms with Crippen molar-refractivity contribution in [3.05, 3.63) is 16.7 Å². The molecule has 0 saturated heterocycles. The van der Waals surface area contributed by atoms with Crippen LogP contribution < -0.4 is 16.0 Å². The summed E-state index contributed by atoms with van der Waals surface area (Å²) in [6.07, 6.45) is 7.73. The Balaban J connectivity index is 2.23. The molecule has 0 unspecified atom stereocenters. The summed E-state index contributed by atoms with van der Waals surface area (Å²) >= 11 is 3.23. The van der Waals surface area contributed by atoms with Gasteiger partial charge >= 0.3 is 0 Å². The number of nitrogens with two attached hydrogens (primary N) is 1. The fourth-order valence-electron chi connectivity index (χ4n) is 2.41. The predicted molar refractivity (Wildman–Crippen MR) is 81.6 cm³/mol. The standard InChI is InChI=1S/C12H19BrN4O2S/c13-9-7-11(12(16-14)15-8-9)20(18,19)17-10-5-3-1-2-4-6-10/h7-8,10,17H,1-6,14H2,(H,15,16). The van der Waals surface area contributed by atoms with E-state index in [1.54, 1.807) is 0 Å².